The number of imidazole rings is 1. The topological polar surface area (TPSA) is 67.8 Å². The van der Waals surface area contributed by atoms with Crippen LogP contribution in [0.15, 0.2) is 18.5 Å². The summed E-state index contributed by atoms with van der Waals surface area (Å²) in [6, 6.07) is 2.22. The predicted octanol–water partition coefficient (Wildman–Crippen LogP) is 0.860. The number of aromatic amines is 1. The highest BCUT2D eigenvalue weighted by molar-refractivity contribution is 5.53. The largest absolute Gasteiger partial charge is 0.380 e. The fourth-order valence-corrected chi connectivity index (χ4v) is 2.37. The lowest BCUT2D eigenvalue weighted by atomic mass is 10.2. The van der Waals surface area contributed by atoms with Crippen LogP contribution in [-0.4, -0.2) is 39.5 Å². The summed E-state index contributed by atoms with van der Waals surface area (Å²) >= 11 is 0. The van der Waals surface area contributed by atoms with Gasteiger partial charge in [-0.25, -0.2) is 4.98 Å². The first-order valence-electron chi connectivity index (χ1n) is 6.07. The number of methoxy groups -OCH3 is 1. The van der Waals surface area contributed by atoms with Crippen molar-refractivity contribution in [3.05, 3.63) is 24.3 Å². The Morgan fingerprint density at radius 2 is 2.39 bits per heavy atom. The fraction of sp³-hybridized carbons (Fsp3) is 0.500. The molecule has 2 aromatic rings. The molecule has 0 aliphatic carbocycles. The molecule has 6 nitrogen and oxygen atoms in total. The number of ether oxygens (including phenoxy) is 1. The van der Waals surface area contributed by atoms with Crippen molar-refractivity contribution in [1.29, 1.82) is 0 Å². The highest BCUT2D eigenvalue weighted by atomic mass is 16.5. The number of hydrogen-bond donors (Lipinski definition) is 2. The smallest absolute Gasteiger partial charge is 0.123 e. The average Bonchev–Trinajstić information content (AvgIpc) is 3.07. The molecule has 3 heterocycles. The van der Waals surface area contributed by atoms with E-state index in [2.05, 4.69) is 20.4 Å². The molecule has 0 spiro atoms. The summed E-state index contributed by atoms with van der Waals surface area (Å²) in [4.78, 5) is 7.80. The van der Waals surface area contributed by atoms with Crippen LogP contribution in [0, 0.1) is 0 Å². The SMILES string of the molecule is COC1CNC(c2ncc(-c3ccnn3C)[nH]2)C1. The Hall–Kier alpha value is -1.66. The molecule has 1 fully saturated rings. The molecule has 2 aromatic heterocycles. The van der Waals surface area contributed by atoms with Crippen LogP contribution in [-0.2, 0) is 11.8 Å². The normalized spacial score (nSPS) is 23.7. The first kappa shape index (κ1) is 11.4. The van der Waals surface area contributed by atoms with Gasteiger partial charge in [-0.05, 0) is 12.5 Å². The molecule has 2 unspecified atom stereocenters. The molecular weight excluding hydrogens is 230 g/mol. The Balaban J connectivity index is 1.80. The van der Waals surface area contributed by atoms with Crippen molar-refractivity contribution in [1.82, 2.24) is 25.1 Å². The van der Waals surface area contributed by atoms with Crippen molar-refractivity contribution in [3.63, 3.8) is 0 Å². The van der Waals surface area contributed by atoms with Gasteiger partial charge in [0, 0.05) is 26.9 Å². The molecule has 6 heteroatoms. The van der Waals surface area contributed by atoms with E-state index in [1.807, 2.05) is 24.0 Å². The highest BCUT2D eigenvalue weighted by Crippen LogP contribution is 2.24. The second kappa shape index (κ2) is 4.55. The second-order valence-electron chi connectivity index (χ2n) is 4.58. The van der Waals surface area contributed by atoms with Crippen molar-refractivity contribution in [2.45, 2.75) is 18.6 Å². The van der Waals surface area contributed by atoms with Crippen LogP contribution in [0.2, 0.25) is 0 Å². The number of aryl methyl sites for hydroxylation is 1. The molecule has 2 N–H and O–H groups in total. The monoisotopic (exact) mass is 247 g/mol. The van der Waals surface area contributed by atoms with E-state index in [9.17, 15) is 0 Å². The zero-order valence-corrected chi connectivity index (χ0v) is 10.6. The van der Waals surface area contributed by atoms with Crippen LogP contribution in [0.4, 0.5) is 0 Å². The van der Waals surface area contributed by atoms with Gasteiger partial charge in [0.2, 0.25) is 0 Å². The van der Waals surface area contributed by atoms with E-state index in [1.54, 1.807) is 13.3 Å². The van der Waals surface area contributed by atoms with Crippen LogP contribution < -0.4 is 5.32 Å². The van der Waals surface area contributed by atoms with Crippen molar-refractivity contribution < 1.29 is 4.74 Å². The van der Waals surface area contributed by atoms with Gasteiger partial charge in [0.25, 0.3) is 0 Å². The zero-order chi connectivity index (χ0) is 12.5. The minimum Gasteiger partial charge on any atom is -0.380 e. The quantitative estimate of drug-likeness (QED) is 0.844. The van der Waals surface area contributed by atoms with Gasteiger partial charge >= 0.3 is 0 Å². The Morgan fingerprint density at radius 1 is 1.50 bits per heavy atom. The highest BCUT2D eigenvalue weighted by Gasteiger charge is 2.27. The number of hydrogen-bond acceptors (Lipinski definition) is 4. The number of H-pyrrole nitrogens is 1. The van der Waals surface area contributed by atoms with E-state index in [4.69, 9.17) is 4.74 Å². The minimum atomic E-state index is 0.247. The summed E-state index contributed by atoms with van der Waals surface area (Å²) in [5.41, 5.74) is 2.03. The molecule has 2 atom stereocenters. The van der Waals surface area contributed by atoms with Gasteiger partial charge in [0.05, 0.1) is 29.7 Å². The molecule has 3 rings (SSSR count). The molecule has 18 heavy (non-hydrogen) atoms. The third kappa shape index (κ3) is 1.93. The number of aromatic nitrogens is 4. The molecule has 0 aromatic carbocycles. The van der Waals surface area contributed by atoms with E-state index >= 15 is 0 Å². The summed E-state index contributed by atoms with van der Waals surface area (Å²) in [5.74, 6) is 0.964. The maximum Gasteiger partial charge on any atom is 0.123 e. The third-order valence-corrected chi connectivity index (χ3v) is 3.45. The Bertz CT molecular complexity index is 532. The Morgan fingerprint density at radius 3 is 3.06 bits per heavy atom. The fourth-order valence-electron chi connectivity index (χ4n) is 2.37. The molecule has 1 aliphatic rings. The van der Waals surface area contributed by atoms with Gasteiger partial charge in [0.15, 0.2) is 0 Å². The van der Waals surface area contributed by atoms with E-state index in [1.165, 1.54) is 0 Å². The maximum atomic E-state index is 5.34. The van der Waals surface area contributed by atoms with Crippen LogP contribution in [0.25, 0.3) is 11.4 Å². The first-order valence-corrected chi connectivity index (χ1v) is 6.07. The summed E-state index contributed by atoms with van der Waals surface area (Å²) in [6.45, 7) is 0.878. The summed E-state index contributed by atoms with van der Waals surface area (Å²) in [7, 11) is 3.67. The van der Waals surface area contributed by atoms with Gasteiger partial charge in [-0.1, -0.05) is 0 Å². The van der Waals surface area contributed by atoms with Crippen LogP contribution >= 0.6 is 0 Å². The maximum absolute atomic E-state index is 5.34. The molecule has 0 amide bonds. The van der Waals surface area contributed by atoms with Gasteiger partial charge < -0.3 is 15.0 Å². The first-order chi connectivity index (χ1) is 8.78. The molecule has 1 saturated heterocycles. The van der Waals surface area contributed by atoms with Crippen LogP contribution in [0.5, 0.6) is 0 Å². The van der Waals surface area contributed by atoms with E-state index in [-0.39, 0.29) is 12.1 Å². The number of nitrogens with zero attached hydrogens (tertiary/aromatic N) is 3. The molecule has 96 valence electrons. The van der Waals surface area contributed by atoms with Crippen molar-refractivity contribution in [2.75, 3.05) is 13.7 Å². The minimum absolute atomic E-state index is 0.247. The average molecular weight is 247 g/mol. The molecule has 0 radical (unpaired) electrons. The predicted molar refractivity (Wildman–Crippen MR) is 66.9 cm³/mol. The molecule has 1 aliphatic heterocycles. The van der Waals surface area contributed by atoms with Crippen molar-refractivity contribution in [3.8, 4) is 11.4 Å². The Labute approximate surface area is 105 Å². The molecule has 0 saturated carbocycles. The summed E-state index contributed by atoms with van der Waals surface area (Å²) in [6.07, 6.45) is 4.87. The molecular formula is C12H17N5O. The number of rotatable bonds is 3. The summed E-state index contributed by atoms with van der Waals surface area (Å²) in [5, 5.41) is 7.56. The lowest BCUT2D eigenvalue weighted by molar-refractivity contribution is 0.117. The third-order valence-electron chi connectivity index (χ3n) is 3.45. The van der Waals surface area contributed by atoms with E-state index in [0.717, 1.165) is 30.2 Å². The van der Waals surface area contributed by atoms with Gasteiger partial charge in [-0.2, -0.15) is 5.10 Å². The van der Waals surface area contributed by atoms with Crippen molar-refractivity contribution >= 4 is 0 Å². The zero-order valence-electron chi connectivity index (χ0n) is 10.6. The van der Waals surface area contributed by atoms with Crippen LogP contribution in [0.1, 0.15) is 18.3 Å². The van der Waals surface area contributed by atoms with Gasteiger partial charge in [0.1, 0.15) is 5.82 Å². The lowest BCUT2D eigenvalue weighted by Gasteiger charge is -2.06. The summed E-state index contributed by atoms with van der Waals surface area (Å²) < 4.78 is 7.17. The van der Waals surface area contributed by atoms with E-state index in [0.29, 0.717) is 0 Å². The van der Waals surface area contributed by atoms with E-state index < -0.39 is 0 Å². The van der Waals surface area contributed by atoms with Crippen molar-refractivity contribution in [2.24, 2.45) is 7.05 Å². The van der Waals surface area contributed by atoms with Gasteiger partial charge in [-0.3, -0.25) is 4.68 Å². The second-order valence-corrected chi connectivity index (χ2v) is 4.58. The number of nitrogens with one attached hydrogen (secondary N) is 2. The standard InChI is InChI=1S/C12H17N5O/c1-17-11(3-4-15-17)10-7-14-12(16-10)9-5-8(18-2)6-13-9/h3-4,7-9,13H,5-6H2,1-2H3,(H,14,16). The lowest BCUT2D eigenvalue weighted by Crippen LogP contribution is -2.16. The van der Waals surface area contributed by atoms with Gasteiger partial charge in [-0.15, -0.1) is 0 Å². The Kier molecular flexibility index (Phi) is 2.89. The van der Waals surface area contributed by atoms with Crippen LogP contribution in [0.3, 0.4) is 0 Å². The molecule has 0 bridgehead atoms.